The minimum absolute atomic E-state index is 0.195. The maximum absolute atomic E-state index is 9.82. The number of aryl methyl sites for hydroxylation is 3. The lowest BCUT2D eigenvalue weighted by molar-refractivity contribution is 0.145. The van der Waals surface area contributed by atoms with E-state index in [4.69, 9.17) is 14.5 Å². The molecule has 0 aliphatic carbocycles. The van der Waals surface area contributed by atoms with E-state index in [-0.39, 0.29) is 6.10 Å². The molecule has 0 atom stereocenters. The number of piperidine rings is 1. The van der Waals surface area contributed by atoms with Crippen LogP contribution in [0.15, 0.2) is 16.5 Å². The summed E-state index contributed by atoms with van der Waals surface area (Å²) in [5.74, 6) is 2.84. The van der Waals surface area contributed by atoms with Crippen molar-refractivity contribution in [3.63, 3.8) is 0 Å². The first-order chi connectivity index (χ1) is 11.9. The van der Waals surface area contributed by atoms with Gasteiger partial charge in [0.25, 0.3) is 0 Å². The minimum Gasteiger partial charge on any atom is -0.466 e. The standard InChI is InChI=1S/C19H24N4O2/c1-11-9-16(14(4)25-11)17-10-18-20-13(3)12(2)19(23(18)21-17)22-7-5-15(24)6-8-22/h9-10,15,24H,5-8H2,1-4H3. The molecule has 0 bridgehead atoms. The lowest BCUT2D eigenvalue weighted by atomic mass is 10.1. The molecule has 0 radical (unpaired) electrons. The molecule has 1 fully saturated rings. The SMILES string of the molecule is Cc1cc(-c2cc3nc(C)c(C)c(N4CCC(O)CC4)n3n2)c(C)o1. The quantitative estimate of drug-likeness (QED) is 0.776. The predicted octanol–water partition coefficient (Wildman–Crippen LogP) is 3.18. The highest BCUT2D eigenvalue weighted by Crippen LogP contribution is 2.31. The van der Waals surface area contributed by atoms with E-state index in [1.54, 1.807) is 0 Å². The van der Waals surface area contributed by atoms with E-state index < -0.39 is 0 Å². The van der Waals surface area contributed by atoms with Crippen molar-refractivity contribution in [2.75, 3.05) is 18.0 Å². The van der Waals surface area contributed by atoms with Gasteiger partial charge in [-0.15, -0.1) is 0 Å². The van der Waals surface area contributed by atoms with Crippen LogP contribution in [0.3, 0.4) is 0 Å². The fourth-order valence-electron chi connectivity index (χ4n) is 3.65. The average Bonchev–Trinajstić information content (AvgIpc) is 3.12. The second-order valence-electron chi connectivity index (χ2n) is 6.99. The van der Waals surface area contributed by atoms with Crippen LogP contribution in [-0.4, -0.2) is 38.9 Å². The highest BCUT2D eigenvalue weighted by Gasteiger charge is 2.23. The van der Waals surface area contributed by atoms with Crippen molar-refractivity contribution in [2.45, 2.75) is 46.6 Å². The molecule has 0 spiro atoms. The van der Waals surface area contributed by atoms with Crippen LogP contribution in [0.1, 0.15) is 35.6 Å². The molecule has 1 aliphatic heterocycles. The van der Waals surface area contributed by atoms with Crippen LogP contribution in [-0.2, 0) is 0 Å². The molecule has 6 heteroatoms. The van der Waals surface area contributed by atoms with Crippen LogP contribution >= 0.6 is 0 Å². The van der Waals surface area contributed by atoms with Gasteiger partial charge in [-0.3, -0.25) is 0 Å². The van der Waals surface area contributed by atoms with E-state index in [9.17, 15) is 5.11 Å². The maximum atomic E-state index is 9.82. The number of hydrogen-bond donors (Lipinski definition) is 1. The van der Waals surface area contributed by atoms with Gasteiger partial charge in [0, 0.05) is 36.0 Å². The average molecular weight is 340 g/mol. The number of aliphatic hydroxyl groups excluding tert-OH is 1. The molecule has 0 unspecified atom stereocenters. The zero-order valence-corrected chi connectivity index (χ0v) is 15.2. The van der Waals surface area contributed by atoms with Crippen molar-refractivity contribution < 1.29 is 9.52 Å². The Hall–Kier alpha value is -2.34. The molecule has 1 saturated heterocycles. The van der Waals surface area contributed by atoms with Crippen molar-refractivity contribution in [1.82, 2.24) is 14.6 Å². The Labute approximate surface area is 147 Å². The molecule has 4 heterocycles. The van der Waals surface area contributed by atoms with Gasteiger partial charge in [-0.1, -0.05) is 0 Å². The van der Waals surface area contributed by atoms with Crippen molar-refractivity contribution in [3.05, 3.63) is 34.9 Å². The topological polar surface area (TPSA) is 66.8 Å². The normalized spacial score (nSPS) is 16.1. The van der Waals surface area contributed by atoms with Crippen molar-refractivity contribution in [1.29, 1.82) is 0 Å². The van der Waals surface area contributed by atoms with Crippen LogP contribution in [0.2, 0.25) is 0 Å². The molecule has 1 aliphatic rings. The van der Waals surface area contributed by atoms with E-state index in [2.05, 4.69) is 11.8 Å². The Kier molecular flexibility index (Phi) is 3.80. The van der Waals surface area contributed by atoms with Gasteiger partial charge in [-0.2, -0.15) is 9.61 Å². The summed E-state index contributed by atoms with van der Waals surface area (Å²) in [4.78, 5) is 7.04. The van der Waals surface area contributed by atoms with Crippen LogP contribution in [0.25, 0.3) is 16.9 Å². The minimum atomic E-state index is -0.195. The third-order valence-corrected chi connectivity index (χ3v) is 5.13. The lowest BCUT2D eigenvalue weighted by Crippen LogP contribution is -2.37. The lowest BCUT2D eigenvalue weighted by Gasteiger charge is -2.32. The van der Waals surface area contributed by atoms with E-state index in [0.29, 0.717) is 0 Å². The maximum Gasteiger partial charge on any atom is 0.158 e. The molecule has 0 amide bonds. The van der Waals surface area contributed by atoms with Gasteiger partial charge in [0.05, 0.1) is 11.8 Å². The van der Waals surface area contributed by atoms with Crippen LogP contribution < -0.4 is 4.90 Å². The zero-order valence-electron chi connectivity index (χ0n) is 15.2. The third-order valence-electron chi connectivity index (χ3n) is 5.13. The number of nitrogens with zero attached hydrogens (tertiary/aromatic N) is 4. The zero-order chi connectivity index (χ0) is 17.7. The molecule has 25 heavy (non-hydrogen) atoms. The van der Waals surface area contributed by atoms with E-state index in [1.807, 2.05) is 37.4 Å². The Balaban J connectivity index is 1.87. The van der Waals surface area contributed by atoms with Crippen molar-refractivity contribution in [2.24, 2.45) is 0 Å². The number of aromatic nitrogens is 3. The number of anilines is 1. The Morgan fingerprint density at radius 3 is 2.48 bits per heavy atom. The Morgan fingerprint density at radius 1 is 1.12 bits per heavy atom. The largest absolute Gasteiger partial charge is 0.466 e. The summed E-state index contributed by atoms with van der Waals surface area (Å²) < 4.78 is 7.60. The predicted molar refractivity (Wildman–Crippen MR) is 97.1 cm³/mol. The number of furan rings is 1. The molecule has 3 aromatic heterocycles. The molecule has 0 saturated carbocycles. The fraction of sp³-hybridized carbons (Fsp3) is 0.474. The number of fused-ring (bicyclic) bond motifs is 1. The Morgan fingerprint density at radius 2 is 1.84 bits per heavy atom. The molecular formula is C19H24N4O2. The summed E-state index contributed by atoms with van der Waals surface area (Å²) in [6.07, 6.45) is 1.38. The van der Waals surface area contributed by atoms with Gasteiger partial charge in [0.2, 0.25) is 0 Å². The van der Waals surface area contributed by atoms with Gasteiger partial charge < -0.3 is 14.4 Å². The highest BCUT2D eigenvalue weighted by atomic mass is 16.3. The molecule has 3 aromatic rings. The summed E-state index contributed by atoms with van der Waals surface area (Å²) >= 11 is 0. The first-order valence-corrected chi connectivity index (χ1v) is 8.81. The van der Waals surface area contributed by atoms with Crippen LogP contribution in [0.5, 0.6) is 0 Å². The summed E-state index contributed by atoms with van der Waals surface area (Å²) in [6.45, 7) is 9.71. The summed E-state index contributed by atoms with van der Waals surface area (Å²) in [6, 6.07) is 4.04. The Bertz CT molecular complexity index is 933. The second kappa shape index (κ2) is 5.88. The van der Waals surface area contributed by atoms with E-state index in [0.717, 1.165) is 71.4 Å². The first kappa shape index (κ1) is 16.1. The van der Waals surface area contributed by atoms with Crippen LogP contribution in [0, 0.1) is 27.7 Å². The van der Waals surface area contributed by atoms with E-state index >= 15 is 0 Å². The third kappa shape index (κ3) is 2.70. The van der Waals surface area contributed by atoms with Gasteiger partial charge in [0.1, 0.15) is 17.3 Å². The number of hydrogen-bond acceptors (Lipinski definition) is 5. The summed E-state index contributed by atoms with van der Waals surface area (Å²) in [5.41, 5.74) is 4.89. The molecule has 4 rings (SSSR count). The van der Waals surface area contributed by atoms with Gasteiger partial charge >= 0.3 is 0 Å². The molecule has 1 N–H and O–H groups in total. The van der Waals surface area contributed by atoms with Gasteiger partial charge in [0.15, 0.2) is 5.65 Å². The molecular weight excluding hydrogens is 316 g/mol. The molecule has 132 valence electrons. The summed E-state index contributed by atoms with van der Waals surface area (Å²) in [5, 5.41) is 14.7. The van der Waals surface area contributed by atoms with Crippen molar-refractivity contribution in [3.8, 4) is 11.3 Å². The first-order valence-electron chi connectivity index (χ1n) is 8.81. The van der Waals surface area contributed by atoms with E-state index in [1.165, 1.54) is 0 Å². The smallest absolute Gasteiger partial charge is 0.158 e. The summed E-state index contributed by atoms with van der Waals surface area (Å²) in [7, 11) is 0. The van der Waals surface area contributed by atoms with Crippen LogP contribution in [0.4, 0.5) is 5.82 Å². The molecule has 6 nitrogen and oxygen atoms in total. The van der Waals surface area contributed by atoms with Gasteiger partial charge in [-0.05, 0) is 46.6 Å². The van der Waals surface area contributed by atoms with Gasteiger partial charge in [-0.25, -0.2) is 4.98 Å². The number of rotatable bonds is 2. The highest BCUT2D eigenvalue weighted by molar-refractivity contribution is 5.68. The number of aliphatic hydroxyl groups is 1. The molecule has 0 aromatic carbocycles. The monoisotopic (exact) mass is 340 g/mol. The second-order valence-corrected chi connectivity index (χ2v) is 6.99. The fourth-order valence-corrected chi connectivity index (χ4v) is 3.65. The van der Waals surface area contributed by atoms with Crippen molar-refractivity contribution >= 4 is 11.5 Å².